The van der Waals surface area contributed by atoms with Gasteiger partial charge in [0.1, 0.15) is 0 Å². The molecule has 0 amide bonds. The summed E-state index contributed by atoms with van der Waals surface area (Å²) in [6.45, 7) is 7.12. The van der Waals surface area contributed by atoms with Gasteiger partial charge in [0.15, 0.2) is 0 Å². The summed E-state index contributed by atoms with van der Waals surface area (Å²) < 4.78 is 0. The van der Waals surface area contributed by atoms with Crippen molar-refractivity contribution in [2.24, 2.45) is 17.8 Å². The number of hydrogen-bond acceptors (Lipinski definition) is 0. The summed E-state index contributed by atoms with van der Waals surface area (Å²) in [7, 11) is 0. The Hall–Kier alpha value is 0. The number of hydrogen-bond donors (Lipinski definition) is 0. The van der Waals surface area contributed by atoms with E-state index in [0.29, 0.717) is 0 Å². The van der Waals surface area contributed by atoms with Crippen LogP contribution in [-0.2, 0) is 0 Å². The van der Waals surface area contributed by atoms with Crippen molar-refractivity contribution in [3.8, 4) is 0 Å². The molecule has 0 heterocycles. The number of rotatable bonds is 15. The zero-order valence-corrected chi connectivity index (χ0v) is 15.3. The van der Waals surface area contributed by atoms with Gasteiger partial charge in [-0.2, -0.15) is 0 Å². The molecule has 0 radical (unpaired) electrons. The molecule has 0 aromatic carbocycles. The van der Waals surface area contributed by atoms with Gasteiger partial charge in [0.2, 0.25) is 0 Å². The highest BCUT2D eigenvalue weighted by atomic mass is 14.5. The average Bonchev–Trinajstić information content (AvgIpc) is 3.10. The van der Waals surface area contributed by atoms with Gasteiger partial charge in [0.25, 0.3) is 0 Å². The molecule has 0 nitrogen and oxygen atoms in total. The topological polar surface area (TPSA) is 0 Å². The van der Waals surface area contributed by atoms with Gasteiger partial charge in [0, 0.05) is 0 Å². The highest BCUT2D eigenvalue weighted by molar-refractivity contribution is 4.93. The van der Waals surface area contributed by atoms with Crippen molar-refractivity contribution >= 4 is 0 Å². The normalized spacial score (nSPS) is 24.4. The van der Waals surface area contributed by atoms with Gasteiger partial charge < -0.3 is 0 Å². The molecule has 21 heavy (non-hydrogen) atoms. The Morgan fingerprint density at radius 1 is 0.476 bits per heavy atom. The third kappa shape index (κ3) is 8.89. The minimum atomic E-state index is 1.06. The van der Waals surface area contributed by atoms with Crippen LogP contribution in [0.2, 0.25) is 0 Å². The van der Waals surface area contributed by atoms with Gasteiger partial charge in [-0.25, -0.2) is 0 Å². The zero-order valence-electron chi connectivity index (χ0n) is 15.3. The highest BCUT2D eigenvalue weighted by Crippen LogP contribution is 2.51. The minimum Gasteiger partial charge on any atom is -0.0654 e. The Balaban J connectivity index is 1.85. The second kappa shape index (κ2) is 12.5. The van der Waals surface area contributed by atoms with E-state index < -0.39 is 0 Å². The minimum absolute atomic E-state index is 1.06. The molecule has 0 aromatic heterocycles. The largest absolute Gasteiger partial charge is 0.0654 e. The molecule has 0 N–H and O–H groups in total. The molecular formula is C21H42. The van der Waals surface area contributed by atoms with Gasteiger partial charge >= 0.3 is 0 Å². The van der Waals surface area contributed by atoms with E-state index in [9.17, 15) is 0 Å². The van der Waals surface area contributed by atoms with Crippen molar-refractivity contribution in [1.29, 1.82) is 0 Å². The van der Waals surface area contributed by atoms with E-state index in [2.05, 4.69) is 20.8 Å². The first-order valence-electron chi connectivity index (χ1n) is 10.3. The van der Waals surface area contributed by atoms with E-state index in [-0.39, 0.29) is 0 Å². The summed E-state index contributed by atoms with van der Waals surface area (Å²) in [4.78, 5) is 0. The van der Waals surface area contributed by atoms with Crippen LogP contribution in [0.1, 0.15) is 117 Å². The lowest BCUT2D eigenvalue weighted by Gasteiger charge is -2.02. The maximum Gasteiger partial charge on any atom is -0.0355 e. The van der Waals surface area contributed by atoms with E-state index in [1.807, 2.05) is 0 Å². The van der Waals surface area contributed by atoms with E-state index in [4.69, 9.17) is 0 Å². The Morgan fingerprint density at radius 2 is 0.810 bits per heavy atom. The van der Waals surface area contributed by atoms with Crippen LogP contribution in [0.4, 0.5) is 0 Å². The molecule has 1 aliphatic carbocycles. The van der Waals surface area contributed by atoms with Crippen LogP contribution in [-0.4, -0.2) is 0 Å². The predicted molar refractivity (Wildman–Crippen MR) is 96.7 cm³/mol. The van der Waals surface area contributed by atoms with Crippen LogP contribution in [0, 0.1) is 17.8 Å². The van der Waals surface area contributed by atoms with Gasteiger partial charge in [-0.3, -0.25) is 0 Å². The fourth-order valence-electron chi connectivity index (χ4n) is 4.09. The summed E-state index contributed by atoms with van der Waals surface area (Å²) in [5.74, 6) is 3.27. The van der Waals surface area contributed by atoms with Gasteiger partial charge in [-0.1, -0.05) is 104 Å². The Morgan fingerprint density at radius 3 is 1.19 bits per heavy atom. The first-order valence-corrected chi connectivity index (χ1v) is 10.3. The molecule has 0 aliphatic heterocycles. The van der Waals surface area contributed by atoms with Gasteiger partial charge in [0.05, 0.1) is 0 Å². The van der Waals surface area contributed by atoms with Crippen molar-refractivity contribution < 1.29 is 0 Å². The molecule has 0 saturated heterocycles. The monoisotopic (exact) mass is 294 g/mol. The fraction of sp³-hybridized carbons (Fsp3) is 1.00. The fourth-order valence-corrected chi connectivity index (χ4v) is 4.09. The van der Waals surface area contributed by atoms with Crippen molar-refractivity contribution in [1.82, 2.24) is 0 Å². The molecule has 1 rings (SSSR count). The quantitative estimate of drug-likeness (QED) is 0.271. The van der Waals surface area contributed by atoms with Crippen LogP contribution in [0.15, 0.2) is 0 Å². The first kappa shape index (κ1) is 19.0. The second-order valence-electron chi connectivity index (χ2n) is 7.65. The van der Waals surface area contributed by atoms with Crippen LogP contribution < -0.4 is 0 Å². The lowest BCUT2D eigenvalue weighted by molar-refractivity contribution is 0.513. The van der Waals surface area contributed by atoms with Crippen molar-refractivity contribution in [2.45, 2.75) is 117 Å². The van der Waals surface area contributed by atoms with Crippen molar-refractivity contribution in [3.63, 3.8) is 0 Å². The Bertz CT molecular complexity index is 220. The molecule has 1 saturated carbocycles. The van der Waals surface area contributed by atoms with Crippen LogP contribution in [0.25, 0.3) is 0 Å². The molecule has 0 heteroatoms. The lowest BCUT2D eigenvalue weighted by Crippen LogP contribution is -1.87. The third-order valence-corrected chi connectivity index (χ3v) is 5.79. The Kier molecular flexibility index (Phi) is 11.4. The molecule has 0 spiro atoms. The summed E-state index contributed by atoms with van der Waals surface area (Å²) >= 11 is 0. The SMILES string of the molecule is CCCCCCCCCCC1C(C)C1CCCCCCC. The molecular weight excluding hydrogens is 252 g/mol. The average molecular weight is 295 g/mol. The highest BCUT2D eigenvalue weighted by Gasteiger charge is 2.44. The summed E-state index contributed by atoms with van der Waals surface area (Å²) in [6, 6.07) is 0. The molecule has 3 unspecified atom stereocenters. The van der Waals surface area contributed by atoms with Crippen molar-refractivity contribution in [2.75, 3.05) is 0 Å². The molecule has 0 aromatic rings. The summed E-state index contributed by atoms with van der Waals surface area (Å²) in [5, 5.41) is 0. The van der Waals surface area contributed by atoms with Crippen LogP contribution >= 0.6 is 0 Å². The Labute approximate surface area is 135 Å². The van der Waals surface area contributed by atoms with Gasteiger partial charge in [-0.05, 0) is 30.6 Å². The maximum atomic E-state index is 2.51. The third-order valence-electron chi connectivity index (χ3n) is 5.79. The maximum absolute atomic E-state index is 2.51. The van der Waals surface area contributed by atoms with E-state index in [0.717, 1.165) is 17.8 Å². The molecule has 1 aliphatic rings. The van der Waals surface area contributed by atoms with Crippen LogP contribution in [0.5, 0.6) is 0 Å². The smallest absolute Gasteiger partial charge is 0.0355 e. The molecule has 3 atom stereocenters. The predicted octanol–water partition coefficient (Wildman–Crippen LogP) is 7.76. The second-order valence-corrected chi connectivity index (χ2v) is 7.65. The van der Waals surface area contributed by atoms with E-state index >= 15 is 0 Å². The lowest BCUT2D eigenvalue weighted by atomic mass is 10.0. The van der Waals surface area contributed by atoms with E-state index in [1.54, 1.807) is 0 Å². The van der Waals surface area contributed by atoms with E-state index in [1.165, 1.54) is 96.3 Å². The summed E-state index contributed by atoms with van der Waals surface area (Å²) in [5.41, 5.74) is 0. The van der Waals surface area contributed by atoms with Crippen molar-refractivity contribution in [3.05, 3.63) is 0 Å². The molecule has 126 valence electrons. The standard InChI is InChI=1S/C21H42/c1-4-6-8-10-11-12-14-16-18-21-19(3)20(21)17-15-13-9-7-5-2/h19-21H,4-18H2,1-3H3. The summed E-state index contributed by atoms with van der Waals surface area (Å²) in [6.07, 6.45) is 22.1. The molecule has 1 fully saturated rings. The zero-order chi connectivity index (χ0) is 15.3. The first-order chi connectivity index (χ1) is 10.3. The number of unbranched alkanes of at least 4 members (excludes halogenated alkanes) is 11. The van der Waals surface area contributed by atoms with Crippen LogP contribution in [0.3, 0.4) is 0 Å². The molecule has 0 bridgehead atoms. The van der Waals surface area contributed by atoms with Gasteiger partial charge in [-0.15, -0.1) is 0 Å².